The summed E-state index contributed by atoms with van der Waals surface area (Å²) in [6.07, 6.45) is 0.955. The van der Waals surface area contributed by atoms with Gasteiger partial charge >= 0.3 is 6.03 Å². The van der Waals surface area contributed by atoms with Crippen molar-refractivity contribution in [2.45, 2.75) is 19.3 Å². The van der Waals surface area contributed by atoms with Crippen molar-refractivity contribution < 1.29 is 9.63 Å². The lowest BCUT2D eigenvalue weighted by atomic mass is 9.89. The van der Waals surface area contributed by atoms with Gasteiger partial charge in [0.25, 0.3) is 0 Å². The Morgan fingerprint density at radius 3 is 2.52 bits per heavy atom. The van der Waals surface area contributed by atoms with Crippen molar-refractivity contribution in [3.05, 3.63) is 64.7 Å². The summed E-state index contributed by atoms with van der Waals surface area (Å²) < 4.78 is 0. The first-order valence-corrected chi connectivity index (χ1v) is 7.87. The normalized spacial score (nSPS) is 11.8. The van der Waals surface area contributed by atoms with Crippen LogP contribution < -0.4 is 5.32 Å². The molecule has 1 unspecified atom stereocenters. The first kappa shape index (κ1) is 17.3. The zero-order chi connectivity index (χ0) is 16.8. The van der Waals surface area contributed by atoms with E-state index in [2.05, 4.69) is 18.3 Å². The Kier molecular flexibility index (Phi) is 6.02. The first-order valence-electron chi connectivity index (χ1n) is 7.49. The molecule has 0 aliphatic carbocycles. The highest BCUT2D eigenvalue weighted by atomic mass is 35.5. The van der Waals surface area contributed by atoms with Crippen LogP contribution in [0.1, 0.15) is 30.4 Å². The lowest BCUT2D eigenvalue weighted by molar-refractivity contribution is -0.0598. The lowest BCUT2D eigenvalue weighted by Gasteiger charge is -2.18. The highest BCUT2D eigenvalue weighted by Crippen LogP contribution is 2.30. The van der Waals surface area contributed by atoms with Gasteiger partial charge in [0.15, 0.2) is 0 Å². The molecule has 2 amide bonds. The summed E-state index contributed by atoms with van der Waals surface area (Å²) in [5.74, 6) is 0.254. The fourth-order valence-corrected chi connectivity index (χ4v) is 2.60. The zero-order valence-electron chi connectivity index (χ0n) is 13.5. The maximum Gasteiger partial charge on any atom is 0.345 e. The van der Waals surface area contributed by atoms with E-state index in [0.29, 0.717) is 0 Å². The SMILES string of the molecule is CCC(c1ccc(Cl)cc1)c1cccc(NC(=O)N(C)OC)c1. The van der Waals surface area contributed by atoms with Gasteiger partial charge in [-0.2, -0.15) is 0 Å². The van der Waals surface area contributed by atoms with Crippen LogP contribution in [0.3, 0.4) is 0 Å². The van der Waals surface area contributed by atoms with E-state index in [1.165, 1.54) is 12.7 Å². The Morgan fingerprint density at radius 1 is 1.22 bits per heavy atom. The number of carbonyl (C=O) groups is 1. The number of rotatable bonds is 5. The Morgan fingerprint density at radius 2 is 1.91 bits per heavy atom. The van der Waals surface area contributed by atoms with Gasteiger partial charge < -0.3 is 5.32 Å². The minimum atomic E-state index is -0.316. The summed E-state index contributed by atoms with van der Waals surface area (Å²) in [6.45, 7) is 2.14. The molecule has 0 radical (unpaired) electrons. The standard InChI is InChI=1S/C18H21ClN2O2/c1-4-17(13-8-10-15(19)11-9-13)14-6-5-7-16(12-14)20-18(22)21(2)23-3/h5-12,17H,4H2,1-3H3,(H,20,22). The number of carbonyl (C=O) groups excluding carboxylic acids is 1. The van der Waals surface area contributed by atoms with Gasteiger partial charge in [-0.1, -0.05) is 42.8 Å². The molecule has 2 aromatic carbocycles. The third-order valence-electron chi connectivity index (χ3n) is 3.78. The Balaban J connectivity index is 2.23. The van der Waals surface area contributed by atoms with Crippen LogP contribution in [0, 0.1) is 0 Å². The van der Waals surface area contributed by atoms with Crippen LogP contribution in [0.15, 0.2) is 48.5 Å². The molecular weight excluding hydrogens is 312 g/mol. The van der Waals surface area contributed by atoms with Gasteiger partial charge in [0, 0.05) is 23.7 Å². The number of nitrogens with one attached hydrogen (secondary N) is 1. The molecule has 23 heavy (non-hydrogen) atoms. The fourth-order valence-electron chi connectivity index (χ4n) is 2.48. The van der Waals surface area contributed by atoms with E-state index in [-0.39, 0.29) is 11.9 Å². The molecule has 0 aliphatic rings. The van der Waals surface area contributed by atoms with E-state index >= 15 is 0 Å². The number of hydroxylamine groups is 2. The van der Waals surface area contributed by atoms with Crippen molar-refractivity contribution in [2.75, 3.05) is 19.5 Å². The van der Waals surface area contributed by atoms with Gasteiger partial charge in [0.05, 0.1) is 7.11 Å². The van der Waals surface area contributed by atoms with Crippen LogP contribution in [0.2, 0.25) is 5.02 Å². The number of hydrogen-bond donors (Lipinski definition) is 1. The number of nitrogens with zero attached hydrogens (tertiary/aromatic N) is 1. The minimum absolute atomic E-state index is 0.254. The number of amides is 2. The van der Waals surface area contributed by atoms with Crippen LogP contribution in [0.4, 0.5) is 10.5 Å². The van der Waals surface area contributed by atoms with Crippen LogP contribution >= 0.6 is 11.6 Å². The molecule has 1 N–H and O–H groups in total. The molecule has 5 heteroatoms. The second kappa shape index (κ2) is 7.99. The van der Waals surface area contributed by atoms with Gasteiger partial charge in [-0.05, 0) is 41.8 Å². The molecular formula is C18H21ClN2O2. The predicted octanol–water partition coefficient (Wildman–Crippen LogP) is 4.91. The Hall–Kier alpha value is -2.04. The number of hydrogen-bond acceptors (Lipinski definition) is 2. The summed E-state index contributed by atoms with van der Waals surface area (Å²) in [6, 6.07) is 15.4. The maximum atomic E-state index is 11.9. The molecule has 0 bridgehead atoms. The van der Waals surface area contributed by atoms with E-state index in [1.54, 1.807) is 7.05 Å². The number of benzene rings is 2. The van der Waals surface area contributed by atoms with Gasteiger partial charge in [0.2, 0.25) is 0 Å². The van der Waals surface area contributed by atoms with Gasteiger partial charge in [-0.15, -0.1) is 0 Å². The van der Waals surface area contributed by atoms with E-state index < -0.39 is 0 Å². The molecule has 0 heterocycles. The molecule has 0 aromatic heterocycles. The quantitative estimate of drug-likeness (QED) is 0.791. The van der Waals surface area contributed by atoms with E-state index in [4.69, 9.17) is 16.4 Å². The second-order valence-electron chi connectivity index (χ2n) is 5.25. The maximum absolute atomic E-state index is 11.9. The molecule has 4 nitrogen and oxygen atoms in total. The Labute approximate surface area is 142 Å². The third-order valence-corrected chi connectivity index (χ3v) is 4.03. The van der Waals surface area contributed by atoms with E-state index in [1.807, 2.05) is 42.5 Å². The van der Waals surface area contributed by atoms with Crippen LogP contribution in [0.5, 0.6) is 0 Å². The van der Waals surface area contributed by atoms with Crippen molar-refractivity contribution in [1.29, 1.82) is 0 Å². The van der Waals surface area contributed by atoms with E-state index in [9.17, 15) is 4.79 Å². The molecule has 0 fully saturated rings. The van der Waals surface area contributed by atoms with Gasteiger partial charge in [0.1, 0.15) is 0 Å². The first-order chi connectivity index (χ1) is 11.0. The summed E-state index contributed by atoms with van der Waals surface area (Å²) in [5.41, 5.74) is 3.09. The summed E-state index contributed by atoms with van der Waals surface area (Å²) in [7, 11) is 3.01. The predicted molar refractivity (Wildman–Crippen MR) is 93.8 cm³/mol. The van der Waals surface area contributed by atoms with Crippen molar-refractivity contribution in [2.24, 2.45) is 0 Å². The largest absolute Gasteiger partial charge is 0.345 e. The second-order valence-corrected chi connectivity index (χ2v) is 5.68. The molecule has 0 saturated carbocycles. The number of urea groups is 1. The van der Waals surface area contributed by atoms with Crippen LogP contribution in [-0.4, -0.2) is 25.3 Å². The van der Waals surface area contributed by atoms with Crippen molar-refractivity contribution >= 4 is 23.3 Å². The molecule has 0 aliphatic heterocycles. The van der Waals surface area contributed by atoms with Gasteiger partial charge in [-0.25, -0.2) is 9.86 Å². The molecule has 0 saturated heterocycles. The smallest absolute Gasteiger partial charge is 0.306 e. The van der Waals surface area contributed by atoms with Gasteiger partial charge in [-0.3, -0.25) is 4.84 Å². The summed E-state index contributed by atoms with van der Waals surface area (Å²) in [4.78, 5) is 16.7. The van der Waals surface area contributed by atoms with Crippen LogP contribution in [0.25, 0.3) is 0 Å². The third kappa shape index (κ3) is 4.47. The molecule has 2 aromatic rings. The monoisotopic (exact) mass is 332 g/mol. The zero-order valence-corrected chi connectivity index (χ0v) is 14.3. The lowest BCUT2D eigenvalue weighted by Crippen LogP contribution is -2.30. The van der Waals surface area contributed by atoms with Crippen LogP contribution in [-0.2, 0) is 4.84 Å². The topological polar surface area (TPSA) is 41.6 Å². The molecule has 2 rings (SSSR count). The number of halogens is 1. The van der Waals surface area contributed by atoms with Crippen molar-refractivity contribution in [1.82, 2.24) is 5.06 Å². The minimum Gasteiger partial charge on any atom is -0.306 e. The number of anilines is 1. The van der Waals surface area contributed by atoms with Crippen molar-refractivity contribution in [3.8, 4) is 0 Å². The highest BCUT2D eigenvalue weighted by Gasteiger charge is 2.14. The average molecular weight is 333 g/mol. The molecule has 0 spiro atoms. The average Bonchev–Trinajstić information content (AvgIpc) is 2.57. The summed E-state index contributed by atoms with van der Waals surface area (Å²) >= 11 is 5.97. The van der Waals surface area contributed by atoms with E-state index in [0.717, 1.165) is 27.8 Å². The fraction of sp³-hybridized carbons (Fsp3) is 0.278. The van der Waals surface area contributed by atoms with Crippen molar-refractivity contribution in [3.63, 3.8) is 0 Å². The molecule has 1 atom stereocenters. The highest BCUT2D eigenvalue weighted by molar-refractivity contribution is 6.30. The Bertz CT molecular complexity index is 658. The molecule has 122 valence electrons. The summed E-state index contributed by atoms with van der Waals surface area (Å²) in [5, 5.41) is 4.68.